The predicted octanol–water partition coefficient (Wildman–Crippen LogP) is 4.98. The van der Waals surface area contributed by atoms with Crippen molar-refractivity contribution in [1.29, 1.82) is 0 Å². The molecule has 4 nitrogen and oxygen atoms in total. The molecular weight excluding hydrogens is 380 g/mol. The van der Waals surface area contributed by atoms with Crippen LogP contribution in [-0.2, 0) is 0 Å². The third kappa shape index (κ3) is 2.91. The van der Waals surface area contributed by atoms with E-state index in [4.69, 9.17) is 14.6 Å². The van der Waals surface area contributed by atoms with Gasteiger partial charge in [0.2, 0.25) is 0 Å². The van der Waals surface area contributed by atoms with Gasteiger partial charge >= 0.3 is 0 Å². The quantitative estimate of drug-likeness (QED) is 0.727. The SMILES string of the molecule is COc1cccc(C2=NN3[C@H](C2)c2cc(Br)ccc2O[C@@H]3C(C)C)c1. The van der Waals surface area contributed by atoms with Crippen LogP contribution in [0, 0.1) is 5.92 Å². The minimum absolute atomic E-state index is 0.0539. The van der Waals surface area contributed by atoms with E-state index in [2.05, 4.69) is 53.0 Å². The van der Waals surface area contributed by atoms with E-state index >= 15 is 0 Å². The van der Waals surface area contributed by atoms with Crippen LogP contribution >= 0.6 is 15.9 Å². The molecule has 0 spiro atoms. The number of benzene rings is 2. The van der Waals surface area contributed by atoms with Gasteiger partial charge in [-0.25, -0.2) is 5.01 Å². The second kappa shape index (κ2) is 6.37. The van der Waals surface area contributed by atoms with Crippen LogP contribution < -0.4 is 9.47 Å². The van der Waals surface area contributed by atoms with Gasteiger partial charge in [0.1, 0.15) is 11.5 Å². The van der Waals surface area contributed by atoms with Crippen LogP contribution in [0.4, 0.5) is 0 Å². The van der Waals surface area contributed by atoms with Crippen molar-refractivity contribution in [3.63, 3.8) is 0 Å². The Bertz CT molecular complexity index is 834. The molecule has 0 unspecified atom stereocenters. The fraction of sp³-hybridized carbons (Fsp3) is 0.350. The maximum atomic E-state index is 6.26. The maximum Gasteiger partial charge on any atom is 0.190 e. The number of hydrogen-bond donors (Lipinski definition) is 0. The monoisotopic (exact) mass is 400 g/mol. The second-order valence-corrected chi connectivity index (χ2v) is 7.73. The Kier molecular flexibility index (Phi) is 4.20. The van der Waals surface area contributed by atoms with E-state index in [-0.39, 0.29) is 12.3 Å². The van der Waals surface area contributed by atoms with Gasteiger partial charge in [0.05, 0.1) is 18.9 Å². The van der Waals surface area contributed by atoms with Crippen molar-refractivity contribution in [2.24, 2.45) is 11.0 Å². The zero-order valence-electron chi connectivity index (χ0n) is 14.6. The molecule has 0 saturated carbocycles. The van der Waals surface area contributed by atoms with E-state index < -0.39 is 0 Å². The minimum atomic E-state index is -0.0539. The van der Waals surface area contributed by atoms with E-state index in [0.29, 0.717) is 5.92 Å². The third-order valence-electron chi connectivity index (χ3n) is 4.75. The molecule has 2 heterocycles. The van der Waals surface area contributed by atoms with Crippen LogP contribution in [-0.4, -0.2) is 24.1 Å². The number of halogens is 1. The molecule has 130 valence electrons. The summed E-state index contributed by atoms with van der Waals surface area (Å²) in [5, 5.41) is 7.07. The van der Waals surface area contributed by atoms with Crippen molar-refractivity contribution in [1.82, 2.24) is 5.01 Å². The molecule has 0 bridgehead atoms. The lowest BCUT2D eigenvalue weighted by Crippen LogP contribution is -2.43. The number of ether oxygens (including phenoxy) is 2. The summed E-state index contributed by atoms with van der Waals surface area (Å²) >= 11 is 3.58. The first kappa shape index (κ1) is 16.5. The summed E-state index contributed by atoms with van der Waals surface area (Å²) in [5.74, 6) is 2.16. The van der Waals surface area contributed by atoms with E-state index in [9.17, 15) is 0 Å². The van der Waals surface area contributed by atoms with Gasteiger partial charge in [-0.1, -0.05) is 41.9 Å². The van der Waals surface area contributed by atoms with Crippen LogP contribution in [0.1, 0.15) is 37.4 Å². The summed E-state index contributed by atoms with van der Waals surface area (Å²) < 4.78 is 12.7. The van der Waals surface area contributed by atoms with E-state index in [0.717, 1.165) is 33.7 Å². The molecule has 0 aliphatic carbocycles. The molecule has 0 radical (unpaired) electrons. The Morgan fingerprint density at radius 3 is 2.84 bits per heavy atom. The van der Waals surface area contributed by atoms with Gasteiger partial charge in [-0.05, 0) is 30.3 Å². The highest BCUT2D eigenvalue weighted by Crippen LogP contribution is 2.45. The minimum Gasteiger partial charge on any atom is -0.497 e. The van der Waals surface area contributed by atoms with Crippen LogP contribution in [0.15, 0.2) is 52.0 Å². The summed E-state index contributed by atoms with van der Waals surface area (Å²) in [6, 6.07) is 14.5. The van der Waals surface area contributed by atoms with Gasteiger partial charge < -0.3 is 9.47 Å². The number of hydrazone groups is 1. The number of nitrogens with zero attached hydrogens (tertiary/aromatic N) is 2. The van der Waals surface area contributed by atoms with Crippen LogP contribution in [0.5, 0.6) is 11.5 Å². The van der Waals surface area contributed by atoms with Gasteiger partial charge in [-0.3, -0.25) is 0 Å². The number of rotatable bonds is 3. The summed E-state index contributed by atoms with van der Waals surface area (Å²) in [6.45, 7) is 4.34. The zero-order chi connectivity index (χ0) is 17.6. The Morgan fingerprint density at radius 1 is 1.24 bits per heavy atom. The molecule has 0 N–H and O–H groups in total. The molecule has 2 aliphatic rings. The van der Waals surface area contributed by atoms with Crippen molar-refractivity contribution < 1.29 is 9.47 Å². The Balaban J connectivity index is 1.75. The molecular formula is C20H21BrN2O2. The Labute approximate surface area is 156 Å². The molecule has 25 heavy (non-hydrogen) atoms. The summed E-state index contributed by atoms with van der Waals surface area (Å²) in [4.78, 5) is 0. The first-order chi connectivity index (χ1) is 12.1. The van der Waals surface area contributed by atoms with Crippen LogP contribution in [0.3, 0.4) is 0 Å². The van der Waals surface area contributed by atoms with Gasteiger partial charge in [-0.15, -0.1) is 0 Å². The topological polar surface area (TPSA) is 34.1 Å². The van der Waals surface area contributed by atoms with Gasteiger partial charge in [0.25, 0.3) is 0 Å². The van der Waals surface area contributed by atoms with Crippen molar-refractivity contribution in [2.45, 2.75) is 32.5 Å². The largest absolute Gasteiger partial charge is 0.497 e. The highest BCUT2D eigenvalue weighted by Gasteiger charge is 2.41. The summed E-state index contributed by atoms with van der Waals surface area (Å²) in [5.41, 5.74) is 3.37. The lowest BCUT2D eigenvalue weighted by molar-refractivity contribution is -0.0461. The van der Waals surface area contributed by atoms with Crippen molar-refractivity contribution >= 4 is 21.6 Å². The average Bonchev–Trinajstić information content (AvgIpc) is 3.06. The maximum absolute atomic E-state index is 6.26. The number of fused-ring (bicyclic) bond motifs is 3. The lowest BCUT2D eigenvalue weighted by atomic mass is 9.95. The van der Waals surface area contributed by atoms with E-state index in [1.807, 2.05) is 24.3 Å². The fourth-order valence-electron chi connectivity index (χ4n) is 3.50. The van der Waals surface area contributed by atoms with Gasteiger partial charge in [0, 0.05) is 27.9 Å². The predicted molar refractivity (Wildman–Crippen MR) is 102 cm³/mol. The second-order valence-electron chi connectivity index (χ2n) is 6.81. The number of methoxy groups -OCH3 is 1. The molecule has 0 amide bonds. The van der Waals surface area contributed by atoms with Gasteiger partial charge in [-0.2, -0.15) is 5.10 Å². The van der Waals surface area contributed by atoms with E-state index in [1.54, 1.807) is 7.11 Å². The lowest BCUT2D eigenvalue weighted by Gasteiger charge is -2.40. The molecule has 0 saturated heterocycles. The molecule has 2 atom stereocenters. The zero-order valence-corrected chi connectivity index (χ0v) is 16.2. The molecule has 5 heteroatoms. The first-order valence-corrected chi connectivity index (χ1v) is 9.32. The molecule has 4 rings (SSSR count). The van der Waals surface area contributed by atoms with Crippen LogP contribution in [0.25, 0.3) is 0 Å². The standard InChI is InChI=1S/C20H21BrN2O2/c1-12(2)20-23-18(16-10-14(21)7-8-19(16)25-20)11-17(22-23)13-5-4-6-15(9-13)24-3/h4-10,12,18,20H,11H2,1-3H3/t18-,20-/m1/s1. The van der Waals surface area contributed by atoms with Gasteiger partial charge in [0.15, 0.2) is 6.23 Å². The Morgan fingerprint density at radius 2 is 2.08 bits per heavy atom. The molecule has 0 aromatic heterocycles. The molecule has 0 fully saturated rings. The van der Waals surface area contributed by atoms with Crippen molar-refractivity contribution in [3.05, 3.63) is 58.1 Å². The fourth-order valence-corrected chi connectivity index (χ4v) is 3.88. The molecule has 2 aromatic carbocycles. The van der Waals surface area contributed by atoms with E-state index in [1.165, 1.54) is 5.56 Å². The Hall–Kier alpha value is -2.01. The first-order valence-electron chi connectivity index (χ1n) is 8.53. The van der Waals surface area contributed by atoms with Crippen molar-refractivity contribution in [2.75, 3.05) is 7.11 Å². The summed E-state index contributed by atoms with van der Waals surface area (Å²) in [7, 11) is 1.69. The molecule has 2 aromatic rings. The summed E-state index contributed by atoms with van der Waals surface area (Å²) in [6.07, 6.45) is 0.810. The molecule has 2 aliphatic heterocycles. The smallest absolute Gasteiger partial charge is 0.190 e. The third-order valence-corrected chi connectivity index (χ3v) is 5.25. The van der Waals surface area contributed by atoms with Crippen molar-refractivity contribution in [3.8, 4) is 11.5 Å². The highest BCUT2D eigenvalue weighted by molar-refractivity contribution is 9.10. The van der Waals surface area contributed by atoms with Crippen LogP contribution in [0.2, 0.25) is 0 Å². The normalized spacial score (nSPS) is 21.5. The number of hydrogen-bond acceptors (Lipinski definition) is 4. The average molecular weight is 401 g/mol. The highest BCUT2D eigenvalue weighted by atomic mass is 79.9.